The molecule has 13 heavy (non-hydrogen) atoms. The highest BCUT2D eigenvalue weighted by Crippen LogP contribution is 2.65. The van der Waals surface area contributed by atoms with E-state index in [2.05, 4.69) is 43.8 Å². The molecule has 2 aliphatic heterocycles. The molecular weight excluding hydrogens is 176 g/mol. The van der Waals surface area contributed by atoms with Crippen molar-refractivity contribution >= 4 is 11.8 Å². The van der Waals surface area contributed by atoms with Gasteiger partial charge in [0, 0.05) is 10.00 Å². The van der Waals surface area contributed by atoms with Crippen LogP contribution in [-0.2, 0) is 4.75 Å². The van der Waals surface area contributed by atoms with Gasteiger partial charge in [-0.15, -0.1) is 11.8 Å². The lowest BCUT2D eigenvalue weighted by Gasteiger charge is -2.23. The fraction of sp³-hybridized carbons (Fsp3) is 0.500. The summed E-state index contributed by atoms with van der Waals surface area (Å²) in [5.74, 6) is 0. The topological polar surface area (TPSA) is 0 Å². The van der Waals surface area contributed by atoms with Gasteiger partial charge in [0.05, 0.1) is 0 Å². The standard InChI is InChI=1S/C12H14S/c1-8-4-3-5-9-11(8)10-6-7-12(9,2)13-10/h3-5,10H,6-7H2,1-2H3/t10-,12+/m1/s1. The zero-order chi connectivity index (χ0) is 9.05. The maximum atomic E-state index is 2.41. The number of hydrogen-bond donors (Lipinski definition) is 0. The van der Waals surface area contributed by atoms with E-state index in [1.807, 2.05) is 0 Å². The van der Waals surface area contributed by atoms with Gasteiger partial charge in [0.1, 0.15) is 0 Å². The molecule has 2 heterocycles. The van der Waals surface area contributed by atoms with Gasteiger partial charge in [-0.05, 0) is 43.4 Å². The number of benzene rings is 1. The SMILES string of the molecule is Cc1cccc2c1[C@H]1CC[C@]2(C)S1. The van der Waals surface area contributed by atoms with Crippen LogP contribution in [0, 0.1) is 6.92 Å². The molecule has 2 atom stereocenters. The molecular formula is C12H14S. The molecule has 0 unspecified atom stereocenters. The lowest BCUT2D eigenvalue weighted by molar-refractivity contribution is 0.589. The predicted octanol–water partition coefficient (Wildman–Crippen LogP) is 3.79. The zero-order valence-corrected chi connectivity index (χ0v) is 8.95. The molecule has 0 amide bonds. The van der Waals surface area contributed by atoms with Crippen molar-refractivity contribution in [1.29, 1.82) is 0 Å². The van der Waals surface area contributed by atoms with Gasteiger partial charge in [0.15, 0.2) is 0 Å². The van der Waals surface area contributed by atoms with E-state index in [1.54, 1.807) is 11.1 Å². The van der Waals surface area contributed by atoms with Gasteiger partial charge in [-0.2, -0.15) is 0 Å². The highest BCUT2D eigenvalue weighted by molar-refractivity contribution is 8.01. The summed E-state index contributed by atoms with van der Waals surface area (Å²) in [6.45, 7) is 4.66. The van der Waals surface area contributed by atoms with Crippen LogP contribution < -0.4 is 0 Å². The third kappa shape index (κ3) is 0.887. The molecule has 68 valence electrons. The molecule has 0 N–H and O–H groups in total. The second-order valence-electron chi connectivity index (χ2n) is 4.41. The first-order chi connectivity index (χ1) is 6.21. The van der Waals surface area contributed by atoms with E-state index in [0.717, 1.165) is 5.25 Å². The van der Waals surface area contributed by atoms with Gasteiger partial charge in [-0.25, -0.2) is 0 Å². The average molecular weight is 190 g/mol. The number of thioether (sulfide) groups is 1. The van der Waals surface area contributed by atoms with E-state index < -0.39 is 0 Å². The van der Waals surface area contributed by atoms with Gasteiger partial charge in [-0.1, -0.05) is 18.2 Å². The maximum absolute atomic E-state index is 2.41. The molecule has 0 saturated carbocycles. The van der Waals surface area contributed by atoms with E-state index >= 15 is 0 Å². The Hall–Kier alpha value is -0.430. The Balaban J connectivity index is 2.30. The summed E-state index contributed by atoms with van der Waals surface area (Å²) in [5, 5.41) is 0.807. The summed E-state index contributed by atoms with van der Waals surface area (Å²) in [5.41, 5.74) is 4.77. The molecule has 1 heteroatoms. The Morgan fingerprint density at radius 2 is 2.31 bits per heavy atom. The van der Waals surface area contributed by atoms with Crippen molar-refractivity contribution in [1.82, 2.24) is 0 Å². The lowest BCUT2D eigenvalue weighted by atomic mass is 9.82. The van der Waals surface area contributed by atoms with E-state index in [4.69, 9.17) is 0 Å². The average Bonchev–Trinajstić information content (AvgIpc) is 2.59. The van der Waals surface area contributed by atoms with Gasteiger partial charge < -0.3 is 0 Å². The van der Waals surface area contributed by atoms with Crippen molar-refractivity contribution in [2.45, 2.75) is 36.7 Å². The van der Waals surface area contributed by atoms with Gasteiger partial charge in [-0.3, -0.25) is 0 Å². The van der Waals surface area contributed by atoms with Crippen molar-refractivity contribution in [3.05, 3.63) is 34.9 Å². The molecule has 1 saturated heterocycles. The molecule has 0 spiro atoms. The predicted molar refractivity (Wildman–Crippen MR) is 58.1 cm³/mol. The number of rotatable bonds is 0. The minimum absolute atomic E-state index is 0.450. The van der Waals surface area contributed by atoms with E-state index in [1.165, 1.54) is 18.4 Å². The van der Waals surface area contributed by atoms with Crippen LogP contribution in [0.15, 0.2) is 18.2 Å². The largest absolute Gasteiger partial charge is 0.142 e. The molecule has 1 aromatic carbocycles. The van der Waals surface area contributed by atoms with E-state index in [9.17, 15) is 0 Å². The van der Waals surface area contributed by atoms with Crippen LogP contribution in [0.2, 0.25) is 0 Å². The molecule has 0 aliphatic carbocycles. The molecule has 2 aliphatic rings. The van der Waals surface area contributed by atoms with Crippen LogP contribution in [0.5, 0.6) is 0 Å². The van der Waals surface area contributed by atoms with Crippen LogP contribution in [0.1, 0.15) is 41.7 Å². The molecule has 0 radical (unpaired) electrons. The molecule has 1 aromatic rings. The summed E-state index contributed by atoms with van der Waals surface area (Å²) in [4.78, 5) is 0. The lowest BCUT2D eigenvalue weighted by Crippen LogP contribution is -2.13. The van der Waals surface area contributed by atoms with Crippen LogP contribution in [-0.4, -0.2) is 0 Å². The Morgan fingerprint density at radius 3 is 3.08 bits per heavy atom. The van der Waals surface area contributed by atoms with Gasteiger partial charge >= 0.3 is 0 Å². The normalized spacial score (nSPS) is 35.1. The molecule has 0 nitrogen and oxygen atoms in total. The monoisotopic (exact) mass is 190 g/mol. The summed E-state index contributed by atoms with van der Waals surface area (Å²) < 4.78 is 0.450. The van der Waals surface area contributed by atoms with Crippen molar-refractivity contribution in [2.75, 3.05) is 0 Å². The zero-order valence-electron chi connectivity index (χ0n) is 8.13. The Labute approximate surface area is 83.7 Å². The first-order valence-corrected chi connectivity index (χ1v) is 5.86. The van der Waals surface area contributed by atoms with Crippen molar-refractivity contribution in [2.24, 2.45) is 0 Å². The van der Waals surface area contributed by atoms with Crippen molar-refractivity contribution in [3.8, 4) is 0 Å². The third-order valence-electron chi connectivity index (χ3n) is 3.50. The summed E-state index contributed by atoms with van der Waals surface area (Å²) in [6.07, 6.45) is 2.76. The Bertz CT molecular complexity index is 369. The highest BCUT2D eigenvalue weighted by atomic mass is 32.2. The minimum atomic E-state index is 0.450. The van der Waals surface area contributed by atoms with Gasteiger partial charge in [0.25, 0.3) is 0 Å². The Morgan fingerprint density at radius 1 is 1.46 bits per heavy atom. The molecule has 0 aromatic heterocycles. The quantitative estimate of drug-likeness (QED) is 0.599. The fourth-order valence-corrected chi connectivity index (χ4v) is 4.64. The molecule has 2 bridgehead atoms. The van der Waals surface area contributed by atoms with Crippen molar-refractivity contribution < 1.29 is 0 Å². The minimum Gasteiger partial charge on any atom is -0.142 e. The molecule has 3 rings (SSSR count). The van der Waals surface area contributed by atoms with Crippen LogP contribution in [0.3, 0.4) is 0 Å². The first kappa shape index (κ1) is 7.93. The van der Waals surface area contributed by atoms with Crippen molar-refractivity contribution in [3.63, 3.8) is 0 Å². The highest BCUT2D eigenvalue weighted by Gasteiger charge is 2.46. The number of hydrogen-bond acceptors (Lipinski definition) is 1. The number of fused-ring (bicyclic) bond motifs is 5. The van der Waals surface area contributed by atoms with Gasteiger partial charge in [0.2, 0.25) is 0 Å². The van der Waals surface area contributed by atoms with Crippen LogP contribution in [0.25, 0.3) is 0 Å². The summed E-state index contributed by atoms with van der Waals surface area (Å²) >= 11 is 2.18. The van der Waals surface area contributed by atoms with Crippen LogP contribution >= 0.6 is 11.8 Å². The second kappa shape index (κ2) is 2.33. The first-order valence-electron chi connectivity index (χ1n) is 4.98. The Kier molecular flexibility index (Phi) is 1.42. The van der Waals surface area contributed by atoms with Crippen LogP contribution in [0.4, 0.5) is 0 Å². The fourth-order valence-electron chi connectivity index (χ4n) is 2.81. The second-order valence-corrected chi connectivity index (χ2v) is 6.12. The third-order valence-corrected chi connectivity index (χ3v) is 5.20. The summed E-state index contributed by atoms with van der Waals surface area (Å²) in [7, 11) is 0. The van der Waals surface area contributed by atoms with E-state index in [-0.39, 0.29) is 0 Å². The smallest absolute Gasteiger partial charge is 0.0390 e. The number of aryl methyl sites for hydroxylation is 1. The summed E-state index contributed by atoms with van der Waals surface area (Å²) in [6, 6.07) is 6.79. The molecule has 1 fully saturated rings. The maximum Gasteiger partial charge on any atom is 0.0390 e. The van der Waals surface area contributed by atoms with E-state index in [0.29, 0.717) is 4.75 Å².